The number of nitrogens with two attached hydrogens (primary N) is 1. The molecule has 0 atom stereocenters. The van der Waals surface area contributed by atoms with Crippen LogP contribution in [-0.4, -0.2) is 0 Å². The van der Waals surface area contributed by atoms with Crippen molar-refractivity contribution in [3.8, 4) is 6.07 Å². The molecule has 0 aromatic heterocycles. The number of rotatable bonds is 1. The first-order chi connectivity index (χ1) is 6.68. The average molecular weight is 190 g/mol. The van der Waals surface area contributed by atoms with Crippen LogP contribution < -0.4 is 5.73 Å². The third-order valence-electron chi connectivity index (χ3n) is 2.95. The van der Waals surface area contributed by atoms with Crippen LogP contribution in [0, 0.1) is 17.1 Å². The number of hydrogen-bond donors (Lipinski definition) is 1. The molecule has 1 aliphatic carbocycles. The minimum Gasteiger partial charge on any atom is -0.398 e. The molecule has 2 nitrogen and oxygen atoms in total. The summed E-state index contributed by atoms with van der Waals surface area (Å²) in [7, 11) is 0. The minimum atomic E-state index is -0.447. The van der Waals surface area contributed by atoms with Gasteiger partial charge in [0.15, 0.2) is 0 Å². The van der Waals surface area contributed by atoms with E-state index in [0.29, 0.717) is 5.69 Å². The lowest BCUT2D eigenvalue weighted by atomic mass is 9.65. The molecule has 0 heterocycles. The Morgan fingerprint density at radius 3 is 2.57 bits per heavy atom. The molecule has 1 aromatic carbocycles. The Hall–Kier alpha value is -1.56. The molecular formula is C11H11FN2. The van der Waals surface area contributed by atoms with Gasteiger partial charge in [-0.3, -0.25) is 0 Å². The van der Waals surface area contributed by atoms with Crippen LogP contribution in [-0.2, 0) is 5.41 Å². The van der Waals surface area contributed by atoms with Crippen LogP contribution in [0.15, 0.2) is 18.2 Å². The van der Waals surface area contributed by atoms with Gasteiger partial charge >= 0.3 is 0 Å². The lowest BCUT2D eigenvalue weighted by Gasteiger charge is -2.36. The molecule has 0 aliphatic heterocycles. The van der Waals surface area contributed by atoms with E-state index in [0.717, 1.165) is 24.8 Å². The van der Waals surface area contributed by atoms with Gasteiger partial charge in [0, 0.05) is 5.69 Å². The Kier molecular flexibility index (Phi) is 1.92. The summed E-state index contributed by atoms with van der Waals surface area (Å²) in [6.45, 7) is 0. The number of nitrogens with zero attached hydrogens (tertiary/aromatic N) is 1. The first kappa shape index (κ1) is 9.01. The van der Waals surface area contributed by atoms with E-state index in [2.05, 4.69) is 6.07 Å². The van der Waals surface area contributed by atoms with Crippen LogP contribution in [0.3, 0.4) is 0 Å². The topological polar surface area (TPSA) is 49.8 Å². The van der Waals surface area contributed by atoms with Crippen LogP contribution in [0.25, 0.3) is 0 Å². The van der Waals surface area contributed by atoms with E-state index in [9.17, 15) is 4.39 Å². The van der Waals surface area contributed by atoms with Gasteiger partial charge in [-0.15, -0.1) is 0 Å². The van der Waals surface area contributed by atoms with Crippen molar-refractivity contribution in [2.45, 2.75) is 24.7 Å². The van der Waals surface area contributed by atoms with Crippen LogP contribution >= 0.6 is 0 Å². The minimum absolute atomic E-state index is 0.348. The van der Waals surface area contributed by atoms with Gasteiger partial charge in [-0.25, -0.2) is 4.39 Å². The lowest BCUT2D eigenvalue weighted by molar-refractivity contribution is 0.325. The number of nitrogen functional groups attached to an aromatic ring is 1. The van der Waals surface area contributed by atoms with Crippen LogP contribution in [0.2, 0.25) is 0 Å². The van der Waals surface area contributed by atoms with E-state index in [1.54, 1.807) is 6.07 Å². The van der Waals surface area contributed by atoms with Gasteiger partial charge in [-0.05, 0) is 37.0 Å². The molecule has 2 rings (SSSR count). The van der Waals surface area contributed by atoms with Gasteiger partial charge < -0.3 is 5.73 Å². The molecule has 0 unspecified atom stereocenters. The smallest absolute Gasteiger partial charge is 0.125 e. The highest BCUT2D eigenvalue weighted by Gasteiger charge is 2.40. The predicted molar refractivity (Wildman–Crippen MR) is 52.0 cm³/mol. The van der Waals surface area contributed by atoms with E-state index in [1.807, 2.05) is 0 Å². The van der Waals surface area contributed by atoms with Crippen molar-refractivity contribution in [3.63, 3.8) is 0 Å². The summed E-state index contributed by atoms with van der Waals surface area (Å²) in [5.41, 5.74) is 6.43. The van der Waals surface area contributed by atoms with Gasteiger partial charge in [-0.2, -0.15) is 5.26 Å². The summed E-state index contributed by atoms with van der Waals surface area (Å²) in [5, 5.41) is 9.08. The summed E-state index contributed by atoms with van der Waals surface area (Å²) in [4.78, 5) is 0. The molecule has 72 valence electrons. The van der Waals surface area contributed by atoms with E-state index >= 15 is 0 Å². The molecule has 14 heavy (non-hydrogen) atoms. The lowest BCUT2D eigenvalue weighted by Crippen LogP contribution is -2.33. The van der Waals surface area contributed by atoms with E-state index in [-0.39, 0.29) is 5.82 Å². The van der Waals surface area contributed by atoms with Crippen LogP contribution in [0.4, 0.5) is 10.1 Å². The molecule has 0 bridgehead atoms. The molecule has 2 N–H and O–H groups in total. The Balaban J connectivity index is 2.46. The van der Waals surface area contributed by atoms with E-state index in [1.165, 1.54) is 12.1 Å². The third-order valence-corrected chi connectivity index (χ3v) is 2.95. The monoisotopic (exact) mass is 190 g/mol. The normalized spacial score (nSPS) is 18.3. The summed E-state index contributed by atoms with van der Waals surface area (Å²) >= 11 is 0. The Morgan fingerprint density at radius 1 is 1.43 bits per heavy atom. The van der Waals surface area contributed by atoms with Crippen LogP contribution in [0.1, 0.15) is 24.8 Å². The van der Waals surface area contributed by atoms with E-state index in [4.69, 9.17) is 11.0 Å². The van der Waals surface area contributed by atoms with Crippen LogP contribution in [0.5, 0.6) is 0 Å². The second kappa shape index (κ2) is 2.98. The molecule has 3 heteroatoms. The predicted octanol–water partition coefficient (Wildman–Crippen LogP) is 2.35. The van der Waals surface area contributed by atoms with Crippen molar-refractivity contribution in [2.75, 3.05) is 5.73 Å². The average Bonchev–Trinajstić information content (AvgIpc) is 2.07. The summed E-state index contributed by atoms with van der Waals surface area (Å²) < 4.78 is 12.8. The Morgan fingerprint density at radius 2 is 2.14 bits per heavy atom. The highest BCUT2D eigenvalue weighted by atomic mass is 19.1. The van der Waals surface area contributed by atoms with Crippen molar-refractivity contribution in [1.82, 2.24) is 0 Å². The maximum atomic E-state index is 12.8. The number of nitriles is 1. The first-order valence-corrected chi connectivity index (χ1v) is 4.65. The van der Waals surface area contributed by atoms with Crippen molar-refractivity contribution in [3.05, 3.63) is 29.6 Å². The Labute approximate surface area is 82.1 Å². The number of benzene rings is 1. The largest absolute Gasteiger partial charge is 0.398 e. The molecule has 0 radical (unpaired) electrons. The van der Waals surface area contributed by atoms with Crippen molar-refractivity contribution >= 4 is 5.69 Å². The van der Waals surface area contributed by atoms with Crippen molar-refractivity contribution in [2.24, 2.45) is 0 Å². The molecule has 1 aliphatic rings. The fraction of sp³-hybridized carbons (Fsp3) is 0.364. The zero-order valence-corrected chi connectivity index (χ0v) is 7.76. The van der Waals surface area contributed by atoms with Gasteiger partial charge in [0.1, 0.15) is 5.82 Å². The standard InChI is InChI=1S/C11H11FN2/c12-8-2-3-9(10(14)6-8)11(7-13)4-1-5-11/h2-3,6H,1,4-5,14H2. The van der Waals surface area contributed by atoms with E-state index < -0.39 is 5.41 Å². The maximum Gasteiger partial charge on any atom is 0.125 e. The maximum absolute atomic E-state index is 12.8. The zero-order valence-electron chi connectivity index (χ0n) is 7.76. The Bertz CT molecular complexity index is 402. The molecular weight excluding hydrogens is 179 g/mol. The van der Waals surface area contributed by atoms with Crippen molar-refractivity contribution in [1.29, 1.82) is 5.26 Å². The van der Waals surface area contributed by atoms with Gasteiger partial charge in [-0.1, -0.05) is 6.07 Å². The molecule has 0 saturated heterocycles. The first-order valence-electron chi connectivity index (χ1n) is 4.65. The molecule has 0 amide bonds. The number of hydrogen-bond acceptors (Lipinski definition) is 2. The van der Waals surface area contributed by atoms with Gasteiger partial charge in [0.2, 0.25) is 0 Å². The fourth-order valence-corrected chi connectivity index (χ4v) is 1.94. The molecule has 1 fully saturated rings. The summed E-state index contributed by atoms with van der Waals surface area (Å²) in [6, 6.07) is 6.57. The second-order valence-electron chi connectivity index (χ2n) is 3.78. The quantitative estimate of drug-likeness (QED) is 0.691. The summed E-state index contributed by atoms with van der Waals surface area (Å²) in [5.74, 6) is -0.348. The number of anilines is 1. The molecule has 1 aromatic rings. The van der Waals surface area contributed by atoms with Gasteiger partial charge in [0.25, 0.3) is 0 Å². The third kappa shape index (κ3) is 1.15. The van der Waals surface area contributed by atoms with Crippen molar-refractivity contribution < 1.29 is 4.39 Å². The zero-order chi connectivity index (χ0) is 10.2. The second-order valence-corrected chi connectivity index (χ2v) is 3.78. The highest BCUT2D eigenvalue weighted by Crippen LogP contribution is 2.45. The molecule has 0 spiro atoms. The highest BCUT2D eigenvalue weighted by molar-refractivity contribution is 5.54. The van der Waals surface area contributed by atoms with Gasteiger partial charge in [0.05, 0.1) is 11.5 Å². The molecule has 1 saturated carbocycles. The fourth-order valence-electron chi connectivity index (χ4n) is 1.94. The number of halogens is 1. The SMILES string of the molecule is N#CC1(c2ccc(F)cc2N)CCC1. The summed E-state index contributed by atoms with van der Waals surface area (Å²) in [6.07, 6.45) is 2.71.